The zero-order chi connectivity index (χ0) is 18.9. The first kappa shape index (κ1) is 24.1. The van der Waals surface area contributed by atoms with Gasteiger partial charge in [0.1, 0.15) is 0 Å². The summed E-state index contributed by atoms with van der Waals surface area (Å²) in [5.74, 6) is 0. The molecule has 0 fully saturated rings. The number of hydrogen-bond acceptors (Lipinski definition) is 4. The molecule has 0 saturated carbocycles. The SMILES string of the molecule is CC.CC.CCNCCOCCOCCN1Cc2ccc(C)cc2C1. The number of nitrogens with zero attached hydrogens (tertiary/aromatic N) is 1. The smallest absolute Gasteiger partial charge is 0.0701 e. The van der Waals surface area contributed by atoms with Crippen LogP contribution in [0.25, 0.3) is 0 Å². The van der Waals surface area contributed by atoms with Crippen molar-refractivity contribution in [3.8, 4) is 0 Å². The van der Waals surface area contributed by atoms with Crippen LogP contribution in [-0.4, -0.2) is 51.0 Å². The van der Waals surface area contributed by atoms with Crippen molar-refractivity contribution in [2.45, 2.75) is 54.6 Å². The molecule has 0 spiro atoms. The van der Waals surface area contributed by atoms with Crippen LogP contribution in [0.3, 0.4) is 0 Å². The highest BCUT2D eigenvalue weighted by molar-refractivity contribution is 5.34. The Labute approximate surface area is 155 Å². The summed E-state index contributed by atoms with van der Waals surface area (Å²) in [5, 5.41) is 3.23. The van der Waals surface area contributed by atoms with Gasteiger partial charge in [0.15, 0.2) is 0 Å². The molecule has 1 aliphatic heterocycles. The fraction of sp³-hybridized carbons (Fsp3) is 0.714. The molecule has 25 heavy (non-hydrogen) atoms. The van der Waals surface area contributed by atoms with E-state index in [0.717, 1.165) is 45.9 Å². The lowest BCUT2D eigenvalue weighted by Gasteiger charge is -2.14. The number of ether oxygens (including phenoxy) is 2. The minimum absolute atomic E-state index is 0.685. The standard InChI is InChI=1S/C17H28N2O2.2C2H6/c1-3-18-6-8-20-10-11-21-9-7-19-13-16-5-4-15(2)12-17(16)14-19;2*1-2/h4-5,12,18H,3,6-11,13-14H2,1-2H3;2*1-2H3. The fourth-order valence-electron chi connectivity index (χ4n) is 2.59. The van der Waals surface area contributed by atoms with Gasteiger partial charge in [0, 0.05) is 26.2 Å². The molecule has 4 heteroatoms. The zero-order valence-corrected chi connectivity index (χ0v) is 17.4. The van der Waals surface area contributed by atoms with Gasteiger partial charge in [-0.25, -0.2) is 0 Å². The quantitative estimate of drug-likeness (QED) is 0.645. The van der Waals surface area contributed by atoms with Gasteiger partial charge < -0.3 is 14.8 Å². The molecule has 0 unspecified atom stereocenters. The summed E-state index contributed by atoms with van der Waals surface area (Å²) < 4.78 is 11.1. The Morgan fingerprint density at radius 3 is 2.24 bits per heavy atom. The number of nitrogens with one attached hydrogen (secondary N) is 1. The van der Waals surface area contributed by atoms with Crippen molar-refractivity contribution in [2.24, 2.45) is 0 Å². The maximum Gasteiger partial charge on any atom is 0.0701 e. The molecule has 2 rings (SSSR count). The maximum absolute atomic E-state index is 5.64. The molecule has 1 N–H and O–H groups in total. The molecule has 4 nitrogen and oxygen atoms in total. The van der Waals surface area contributed by atoms with Crippen LogP contribution in [0.4, 0.5) is 0 Å². The average Bonchev–Trinajstić information content (AvgIpc) is 3.05. The minimum atomic E-state index is 0.685. The van der Waals surface area contributed by atoms with Crippen molar-refractivity contribution in [3.05, 3.63) is 34.9 Å². The van der Waals surface area contributed by atoms with Gasteiger partial charge in [0.05, 0.1) is 26.4 Å². The average molecular weight is 353 g/mol. The van der Waals surface area contributed by atoms with Crippen LogP contribution in [0, 0.1) is 6.92 Å². The highest BCUT2D eigenvalue weighted by Crippen LogP contribution is 2.23. The Hall–Kier alpha value is -0.940. The van der Waals surface area contributed by atoms with Crippen LogP contribution in [-0.2, 0) is 22.6 Å². The topological polar surface area (TPSA) is 33.7 Å². The highest BCUT2D eigenvalue weighted by atomic mass is 16.5. The van der Waals surface area contributed by atoms with Crippen molar-refractivity contribution in [3.63, 3.8) is 0 Å². The Balaban J connectivity index is 0.00000134. The van der Waals surface area contributed by atoms with E-state index in [1.165, 1.54) is 16.7 Å². The summed E-state index contributed by atoms with van der Waals surface area (Å²) in [4.78, 5) is 2.44. The summed E-state index contributed by atoms with van der Waals surface area (Å²) in [6.45, 7) is 20.2. The van der Waals surface area contributed by atoms with Gasteiger partial charge in [-0.1, -0.05) is 58.4 Å². The van der Waals surface area contributed by atoms with E-state index < -0.39 is 0 Å². The van der Waals surface area contributed by atoms with Gasteiger partial charge in [-0.15, -0.1) is 0 Å². The second-order valence-electron chi connectivity index (χ2n) is 5.56. The van der Waals surface area contributed by atoms with Crippen molar-refractivity contribution in [1.82, 2.24) is 10.2 Å². The second-order valence-corrected chi connectivity index (χ2v) is 5.56. The molecule has 0 saturated heterocycles. The second kappa shape index (κ2) is 16.5. The van der Waals surface area contributed by atoms with E-state index in [9.17, 15) is 0 Å². The Morgan fingerprint density at radius 1 is 0.920 bits per heavy atom. The van der Waals surface area contributed by atoms with Crippen molar-refractivity contribution in [1.29, 1.82) is 0 Å². The molecule has 0 aliphatic carbocycles. The predicted octanol–water partition coefficient (Wildman–Crippen LogP) is 4.01. The number of hydrogen-bond donors (Lipinski definition) is 1. The molecule has 0 atom stereocenters. The van der Waals surface area contributed by atoms with Gasteiger partial charge in [-0.2, -0.15) is 0 Å². The maximum atomic E-state index is 5.64. The molecule has 0 aromatic heterocycles. The number of rotatable bonds is 10. The van der Waals surface area contributed by atoms with Crippen LogP contribution < -0.4 is 5.32 Å². The lowest BCUT2D eigenvalue weighted by atomic mass is 10.1. The molecular weight excluding hydrogens is 312 g/mol. The van der Waals surface area contributed by atoms with Crippen molar-refractivity contribution in [2.75, 3.05) is 46.1 Å². The van der Waals surface area contributed by atoms with Crippen molar-refractivity contribution < 1.29 is 9.47 Å². The van der Waals surface area contributed by atoms with Crippen LogP contribution in [0.5, 0.6) is 0 Å². The van der Waals surface area contributed by atoms with Crippen LogP contribution in [0.15, 0.2) is 18.2 Å². The number of benzene rings is 1. The fourth-order valence-corrected chi connectivity index (χ4v) is 2.59. The summed E-state index contributed by atoms with van der Waals surface area (Å²) in [6, 6.07) is 6.75. The third-order valence-corrected chi connectivity index (χ3v) is 3.75. The van der Waals surface area contributed by atoms with E-state index in [0.29, 0.717) is 13.2 Å². The summed E-state index contributed by atoms with van der Waals surface area (Å²) in [7, 11) is 0. The molecule has 0 bridgehead atoms. The van der Waals surface area contributed by atoms with E-state index in [1.807, 2.05) is 27.7 Å². The van der Waals surface area contributed by atoms with E-state index in [-0.39, 0.29) is 0 Å². The van der Waals surface area contributed by atoms with Crippen LogP contribution in [0.2, 0.25) is 0 Å². The Morgan fingerprint density at radius 2 is 1.56 bits per heavy atom. The molecule has 0 amide bonds. The molecule has 146 valence electrons. The molecule has 1 aliphatic rings. The zero-order valence-electron chi connectivity index (χ0n) is 17.4. The Kier molecular flexibility index (Phi) is 15.9. The first-order valence-electron chi connectivity index (χ1n) is 9.96. The van der Waals surface area contributed by atoms with Gasteiger partial charge in [-0.05, 0) is 24.6 Å². The van der Waals surface area contributed by atoms with Gasteiger partial charge in [0.2, 0.25) is 0 Å². The molecule has 1 aromatic rings. The van der Waals surface area contributed by atoms with E-state index in [4.69, 9.17) is 9.47 Å². The molecular formula is C21H40N2O2. The first-order valence-corrected chi connectivity index (χ1v) is 9.96. The lowest BCUT2D eigenvalue weighted by molar-refractivity contribution is 0.0392. The van der Waals surface area contributed by atoms with Gasteiger partial charge >= 0.3 is 0 Å². The van der Waals surface area contributed by atoms with E-state index >= 15 is 0 Å². The van der Waals surface area contributed by atoms with E-state index in [1.54, 1.807) is 0 Å². The third kappa shape index (κ3) is 10.6. The minimum Gasteiger partial charge on any atom is -0.378 e. The summed E-state index contributed by atoms with van der Waals surface area (Å²) in [5.41, 5.74) is 4.29. The number of aryl methyl sites for hydroxylation is 1. The van der Waals surface area contributed by atoms with E-state index in [2.05, 4.69) is 42.3 Å². The summed E-state index contributed by atoms with van der Waals surface area (Å²) in [6.07, 6.45) is 0. The van der Waals surface area contributed by atoms with Gasteiger partial charge in [-0.3, -0.25) is 4.90 Å². The van der Waals surface area contributed by atoms with Crippen LogP contribution in [0.1, 0.15) is 51.3 Å². The molecule has 1 heterocycles. The molecule has 0 radical (unpaired) electrons. The lowest BCUT2D eigenvalue weighted by Crippen LogP contribution is -2.23. The number of fused-ring (bicyclic) bond motifs is 1. The predicted molar refractivity (Wildman–Crippen MR) is 108 cm³/mol. The largest absolute Gasteiger partial charge is 0.378 e. The normalized spacial score (nSPS) is 12.7. The number of likely N-dealkylation sites (N-methyl/N-ethyl adjacent to an activating group) is 1. The molecule has 1 aromatic carbocycles. The van der Waals surface area contributed by atoms with Crippen molar-refractivity contribution >= 4 is 0 Å². The monoisotopic (exact) mass is 352 g/mol. The highest BCUT2D eigenvalue weighted by Gasteiger charge is 2.17. The van der Waals surface area contributed by atoms with Crippen LogP contribution >= 0.6 is 0 Å². The third-order valence-electron chi connectivity index (χ3n) is 3.75. The van der Waals surface area contributed by atoms with Gasteiger partial charge in [0.25, 0.3) is 0 Å². The Bertz CT molecular complexity index is 424. The first-order chi connectivity index (χ1) is 12.3. The summed E-state index contributed by atoms with van der Waals surface area (Å²) >= 11 is 0.